The molecule has 1 amide bonds. The van der Waals surface area contributed by atoms with Gasteiger partial charge in [0, 0.05) is 32.2 Å². The number of carbonyl (C=O) groups is 1. The number of carbonyl (C=O) groups excluding carboxylic acids is 1. The van der Waals surface area contributed by atoms with E-state index in [9.17, 15) is 4.79 Å². The van der Waals surface area contributed by atoms with E-state index in [4.69, 9.17) is 0 Å². The van der Waals surface area contributed by atoms with Gasteiger partial charge in [0.15, 0.2) is 0 Å². The van der Waals surface area contributed by atoms with Crippen molar-refractivity contribution in [2.75, 3.05) is 19.6 Å². The van der Waals surface area contributed by atoms with Crippen molar-refractivity contribution in [1.82, 2.24) is 9.80 Å². The minimum Gasteiger partial charge on any atom is -0.341 e. The standard InChI is InChI=1S/C27H28N2O/c30-27(18-21-10-12-24(13-11-21)22-6-2-1-3-7-22)29-17-15-26(20-29)28-16-14-23-8-4-5-9-25(23)19-28/h1-13,26H,14-20H2/t26-/m1/s1. The maximum atomic E-state index is 12.9. The van der Waals surface area contributed by atoms with Crippen LogP contribution in [-0.2, 0) is 24.2 Å². The van der Waals surface area contributed by atoms with Crippen LogP contribution in [0, 0.1) is 0 Å². The molecule has 0 spiro atoms. The van der Waals surface area contributed by atoms with Crippen LogP contribution in [0.5, 0.6) is 0 Å². The summed E-state index contributed by atoms with van der Waals surface area (Å²) in [6.45, 7) is 3.86. The van der Waals surface area contributed by atoms with Gasteiger partial charge in [-0.2, -0.15) is 0 Å². The van der Waals surface area contributed by atoms with E-state index in [2.05, 4.69) is 82.6 Å². The lowest BCUT2D eigenvalue weighted by Gasteiger charge is -2.33. The Hall–Kier alpha value is -2.91. The molecule has 3 aromatic rings. The van der Waals surface area contributed by atoms with E-state index in [0.29, 0.717) is 12.5 Å². The molecule has 3 aromatic carbocycles. The van der Waals surface area contributed by atoms with Crippen molar-refractivity contribution in [2.45, 2.75) is 31.8 Å². The van der Waals surface area contributed by atoms with Crippen LogP contribution in [-0.4, -0.2) is 41.4 Å². The molecular formula is C27H28N2O. The zero-order chi connectivity index (χ0) is 20.3. The summed E-state index contributed by atoms with van der Waals surface area (Å²) in [4.78, 5) is 17.5. The molecule has 0 saturated carbocycles. The topological polar surface area (TPSA) is 23.6 Å². The number of hydrogen-bond acceptors (Lipinski definition) is 2. The van der Waals surface area contributed by atoms with Gasteiger partial charge in [0.2, 0.25) is 5.91 Å². The molecule has 30 heavy (non-hydrogen) atoms. The van der Waals surface area contributed by atoms with E-state index in [1.807, 2.05) is 6.07 Å². The van der Waals surface area contributed by atoms with Gasteiger partial charge in [0.1, 0.15) is 0 Å². The van der Waals surface area contributed by atoms with Gasteiger partial charge < -0.3 is 4.90 Å². The molecule has 1 atom stereocenters. The fraction of sp³-hybridized carbons (Fsp3) is 0.296. The average molecular weight is 397 g/mol. The molecule has 0 N–H and O–H groups in total. The third kappa shape index (κ3) is 4.03. The van der Waals surface area contributed by atoms with E-state index >= 15 is 0 Å². The molecular weight excluding hydrogens is 368 g/mol. The Morgan fingerprint density at radius 2 is 1.50 bits per heavy atom. The van der Waals surface area contributed by atoms with Gasteiger partial charge in [-0.1, -0.05) is 78.9 Å². The lowest BCUT2D eigenvalue weighted by atomic mass is 9.98. The van der Waals surface area contributed by atoms with Crippen molar-refractivity contribution in [3.05, 3.63) is 95.6 Å². The van der Waals surface area contributed by atoms with Gasteiger partial charge in [-0.05, 0) is 40.7 Å². The predicted octanol–water partition coefficient (Wildman–Crippen LogP) is 4.56. The largest absolute Gasteiger partial charge is 0.341 e. The molecule has 0 bridgehead atoms. The van der Waals surface area contributed by atoms with Crippen LogP contribution in [0.1, 0.15) is 23.1 Å². The van der Waals surface area contributed by atoms with Crippen LogP contribution >= 0.6 is 0 Å². The van der Waals surface area contributed by atoms with E-state index < -0.39 is 0 Å². The maximum absolute atomic E-state index is 12.9. The highest BCUT2D eigenvalue weighted by Crippen LogP contribution is 2.25. The molecule has 1 fully saturated rings. The minimum absolute atomic E-state index is 0.252. The Morgan fingerprint density at radius 1 is 0.800 bits per heavy atom. The summed E-state index contributed by atoms with van der Waals surface area (Å²) in [6, 6.07) is 28.1. The number of benzene rings is 3. The SMILES string of the molecule is O=C(Cc1ccc(-c2ccccc2)cc1)N1CC[C@@H](N2CCc3ccccc3C2)C1. The monoisotopic (exact) mass is 396 g/mol. The molecule has 3 nitrogen and oxygen atoms in total. The van der Waals surface area contributed by atoms with Crippen LogP contribution in [0.15, 0.2) is 78.9 Å². The van der Waals surface area contributed by atoms with Gasteiger partial charge >= 0.3 is 0 Å². The van der Waals surface area contributed by atoms with Crippen LogP contribution < -0.4 is 0 Å². The van der Waals surface area contributed by atoms with Crippen molar-refractivity contribution in [2.24, 2.45) is 0 Å². The van der Waals surface area contributed by atoms with Crippen LogP contribution in [0.25, 0.3) is 11.1 Å². The van der Waals surface area contributed by atoms with Crippen LogP contribution in [0.3, 0.4) is 0 Å². The quantitative estimate of drug-likeness (QED) is 0.646. The molecule has 0 radical (unpaired) electrons. The Labute approximate surface area is 178 Å². The first-order chi connectivity index (χ1) is 14.8. The van der Waals surface area contributed by atoms with Gasteiger partial charge in [0.25, 0.3) is 0 Å². The Morgan fingerprint density at radius 3 is 2.30 bits per heavy atom. The third-order valence-corrected chi connectivity index (χ3v) is 6.61. The summed E-state index contributed by atoms with van der Waals surface area (Å²) in [5, 5.41) is 0. The molecule has 2 heterocycles. The van der Waals surface area contributed by atoms with Crippen molar-refractivity contribution in [3.8, 4) is 11.1 Å². The highest BCUT2D eigenvalue weighted by molar-refractivity contribution is 5.79. The highest BCUT2D eigenvalue weighted by atomic mass is 16.2. The summed E-state index contributed by atoms with van der Waals surface area (Å²) in [6.07, 6.45) is 2.69. The second kappa shape index (κ2) is 8.45. The zero-order valence-electron chi connectivity index (χ0n) is 17.3. The first-order valence-electron chi connectivity index (χ1n) is 11.0. The van der Waals surface area contributed by atoms with Gasteiger partial charge in [-0.15, -0.1) is 0 Å². The fourth-order valence-corrected chi connectivity index (χ4v) is 4.83. The minimum atomic E-state index is 0.252. The van der Waals surface area contributed by atoms with Crippen LogP contribution in [0.4, 0.5) is 0 Å². The molecule has 2 aliphatic heterocycles. The van der Waals surface area contributed by atoms with Gasteiger partial charge in [0.05, 0.1) is 6.42 Å². The normalized spacial score (nSPS) is 18.9. The molecule has 2 aliphatic rings. The lowest BCUT2D eigenvalue weighted by molar-refractivity contribution is -0.129. The highest BCUT2D eigenvalue weighted by Gasteiger charge is 2.31. The van der Waals surface area contributed by atoms with Crippen molar-refractivity contribution < 1.29 is 4.79 Å². The Balaban J connectivity index is 1.18. The van der Waals surface area contributed by atoms with Crippen LogP contribution in [0.2, 0.25) is 0 Å². The smallest absolute Gasteiger partial charge is 0.227 e. The maximum Gasteiger partial charge on any atom is 0.227 e. The van der Waals surface area contributed by atoms with Crippen molar-refractivity contribution in [3.63, 3.8) is 0 Å². The summed E-state index contributed by atoms with van der Waals surface area (Å²) in [5.74, 6) is 0.252. The van der Waals surface area contributed by atoms with Gasteiger partial charge in [-0.25, -0.2) is 0 Å². The average Bonchev–Trinajstić information content (AvgIpc) is 3.30. The van der Waals surface area contributed by atoms with Crippen molar-refractivity contribution in [1.29, 1.82) is 0 Å². The summed E-state index contributed by atoms with van der Waals surface area (Å²) in [7, 11) is 0. The molecule has 5 rings (SSSR count). The number of hydrogen-bond donors (Lipinski definition) is 0. The molecule has 1 saturated heterocycles. The lowest BCUT2D eigenvalue weighted by Crippen LogP contribution is -2.41. The number of nitrogens with zero attached hydrogens (tertiary/aromatic N) is 2. The molecule has 0 aromatic heterocycles. The summed E-state index contributed by atoms with van der Waals surface area (Å²) in [5.41, 5.74) is 6.43. The predicted molar refractivity (Wildman–Crippen MR) is 121 cm³/mol. The number of rotatable bonds is 4. The molecule has 3 heteroatoms. The van der Waals surface area contributed by atoms with E-state index in [1.54, 1.807) is 0 Å². The summed E-state index contributed by atoms with van der Waals surface area (Å²) >= 11 is 0. The molecule has 0 unspecified atom stereocenters. The Kier molecular flexibility index (Phi) is 5.37. The van der Waals surface area contributed by atoms with E-state index in [0.717, 1.165) is 44.6 Å². The second-order valence-corrected chi connectivity index (χ2v) is 8.51. The van der Waals surface area contributed by atoms with E-state index in [1.165, 1.54) is 22.3 Å². The van der Waals surface area contributed by atoms with Crippen molar-refractivity contribution >= 4 is 5.91 Å². The fourth-order valence-electron chi connectivity index (χ4n) is 4.83. The summed E-state index contributed by atoms with van der Waals surface area (Å²) < 4.78 is 0. The molecule has 0 aliphatic carbocycles. The zero-order valence-corrected chi connectivity index (χ0v) is 17.3. The molecule has 152 valence electrons. The first-order valence-corrected chi connectivity index (χ1v) is 11.0. The first kappa shape index (κ1) is 19.1. The Bertz CT molecular complexity index is 1010. The van der Waals surface area contributed by atoms with E-state index in [-0.39, 0.29) is 5.91 Å². The number of amides is 1. The third-order valence-electron chi connectivity index (χ3n) is 6.61. The number of likely N-dealkylation sites (tertiary alicyclic amines) is 1. The number of fused-ring (bicyclic) bond motifs is 1. The second-order valence-electron chi connectivity index (χ2n) is 8.51. The van der Waals surface area contributed by atoms with Gasteiger partial charge in [-0.3, -0.25) is 9.69 Å².